The number of nitrogen functional groups attached to an aromatic ring is 1. The first-order valence-corrected chi connectivity index (χ1v) is 5.60. The fraction of sp³-hybridized carbons (Fsp3) is 0.200. The number of aromatic nitrogens is 2. The van der Waals surface area contributed by atoms with Gasteiger partial charge in [-0.05, 0) is 29.2 Å². The summed E-state index contributed by atoms with van der Waals surface area (Å²) in [7, 11) is 0. The molecule has 84 valence electrons. The molecule has 0 aliphatic rings. The van der Waals surface area contributed by atoms with Crippen LogP contribution in [-0.2, 0) is 0 Å². The summed E-state index contributed by atoms with van der Waals surface area (Å²) in [4.78, 5) is 3.96. The van der Waals surface area contributed by atoms with Crippen molar-refractivity contribution in [2.75, 3.05) is 24.2 Å². The van der Waals surface area contributed by atoms with Crippen molar-refractivity contribution in [2.45, 2.75) is 0 Å². The van der Waals surface area contributed by atoms with Gasteiger partial charge in [-0.1, -0.05) is 0 Å². The molecule has 0 saturated carbocycles. The molecule has 4 N–H and O–H groups in total. The van der Waals surface area contributed by atoms with E-state index in [2.05, 4.69) is 14.7 Å². The monoisotopic (exact) mass is 236 g/mol. The van der Waals surface area contributed by atoms with Gasteiger partial charge in [0.25, 0.3) is 0 Å². The Balaban J connectivity index is 2.35. The molecule has 0 fully saturated rings. The normalized spacial score (nSPS) is 10.3. The number of aliphatic hydroxyl groups excluding tert-OH is 1. The summed E-state index contributed by atoms with van der Waals surface area (Å²) in [6.07, 6.45) is 3.42. The molecule has 0 aliphatic carbocycles. The number of pyridine rings is 1. The Kier molecular flexibility index (Phi) is 3.33. The van der Waals surface area contributed by atoms with Crippen molar-refractivity contribution in [1.29, 1.82) is 0 Å². The van der Waals surface area contributed by atoms with Crippen LogP contribution in [-0.4, -0.2) is 27.6 Å². The zero-order valence-electron chi connectivity index (χ0n) is 8.55. The maximum Gasteiger partial charge on any atom is 0.147 e. The summed E-state index contributed by atoms with van der Waals surface area (Å²) in [6.45, 7) is 0.563. The smallest absolute Gasteiger partial charge is 0.147 e. The lowest BCUT2D eigenvalue weighted by Gasteiger charge is -2.05. The standard InChI is InChI=1S/C10H12N4OS/c11-9-8(7-1-3-12-4-2-7)10(16-14-9)13-5-6-15/h1-4,13,15H,5-6H2,(H2,11,14). The average molecular weight is 236 g/mol. The molecule has 0 radical (unpaired) electrons. The van der Waals surface area contributed by atoms with E-state index in [4.69, 9.17) is 10.8 Å². The van der Waals surface area contributed by atoms with Gasteiger partial charge in [-0.15, -0.1) is 0 Å². The summed E-state index contributed by atoms with van der Waals surface area (Å²) >= 11 is 1.29. The zero-order chi connectivity index (χ0) is 11.4. The Labute approximate surface area is 97.1 Å². The Bertz CT molecular complexity index is 457. The number of hydrogen-bond donors (Lipinski definition) is 3. The zero-order valence-corrected chi connectivity index (χ0v) is 9.37. The predicted octanol–water partition coefficient (Wildman–Crippen LogP) is 1.19. The summed E-state index contributed by atoms with van der Waals surface area (Å²) in [5.41, 5.74) is 7.67. The second kappa shape index (κ2) is 4.91. The molecule has 0 saturated heterocycles. The van der Waals surface area contributed by atoms with Gasteiger partial charge in [0.1, 0.15) is 10.8 Å². The maximum atomic E-state index is 8.78. The van der Waals surface area contributed by atoms with Gasteiger partial charge < -0.3 is 16.2 Å². The van der Waals surface area contributed by atoms with E-state index in [0.717, 1.165) is 16.1 Å². The quantitative estimate of drug-likeness (QED) is 0.742. The Morgan fingerprint density at radius 3 is 2.81 bits per heavy atom. The van der Waals surface area contributed by atoms with Crippen molar-refractivity contribution in [1.82, 2.24) is 9.36 Å². The highest BCUT2D eigenvalue weighted by molar-refractivity contribution is 7.11. The van der Waals surface area contributed by atoms with E-state index >= 15 is 0 Å². The number of aliphatic hydroxyl groups is 1. The molecule has 2 aromatic heterocycles. The number of anilines is 2. The van der Waals surface area contributed by atoms with E-state index < -0.39 is 0 Å². The molecule has 0 aromatic carbocycles. The number of nitrogens with two attached hydrogens (primary N) is 1. The highest BCUT2D eigenvalue weighted by atomic mass is 32.1. The van der Waals surface area contributed by atoms with Crippen LogP contribution in [0, 0.1) is 0 Å². The number of hydrogen-bond acceptors (Lipinski definition) is 6. The van der Waals surface area contributed by atoms with Crippen LogP contribution in [0.15, 0.2) is 24.5 Å². The molecule has 16 heavy (non-hydrogen) atoms. The van der Waals surface area contributed by atoms with E-state index in [1.807, 2.05) is 12.1 Å². The lowest BCUT2D eigenvalue weighted by atomic mass is 10.1. The minimum absolute atomic E-state index is 0.0770. The molecular weight excluding hydrogens is 224 g/mol. The summed E-state index contributed by atoms with van der Waals surface area (Å²) in [6, 6.07) is 3.76. The van der Waals surface area contributed by atoms with Gasteiger partial charge in [-0.25, -0.2) is 0 Å². The molecule has 2 rings (SSSR count). The SMILES string of the molecule is Nc1nsc(NCCO)c1-c1ccncc1. The van der Waals surface area contributed by atoms with Gasteiger partial charge in [0.2, 0.25) is 0 Å². The fourth-order valence-electron chi connectivity index (χ4n) is 1.39. The molecule has 0 aliphatic heterocycles. The molecule has 5 nitrogen and oxygen atoms in total. The van der Waals surface area contributed by atoms with Crippen molar-refractivity contribution in [3.8, 4) is 11.1 Å². The third kappa shape index (κ3) is 2.12. The van der Waals surface area contributed by atoms with Crippen LogP contribution in [0.3, 0.4) is 0 Å². The molecule has 0 amide bonds. The van der Waals surface area contributed by atoms with Gasteiger partial charge in [0.05, 0.1) is 12.2 Å². The molecular formula is C10H12N4OS. The van der Waals surface area contributed by atoms with E-state index in [1.54, 1.807) is 12.4 Å². The van der Waals surface area contributed by atoms with Crippen molar-refractivity contribution >= 4 is 22.4 Å². The van der Waals surface area contributed by atoms with Crippen molar-refractivity contribution in [2.24, 2.45) is 0 Å². The Hall–Kier alpha value is -1.66. The molecule has 2 heterocycles. The van der Waals surface area contributed by atoms with Crippen molar-refractivity contribution < 1.29 is 5.11 Å². The molecule has 0 spiro atoms. The minimum atomic E-state index is 0.0770. The van der Waals surface area contributed by atoms with Gasteiger partial charge in [0.15, 0.2) is 0 Å². The second-order valence-corrected chi connectivity index (χ2v) is 3.93. The number of nitrogens with one attached hydrogen (secondary N) is 1. The third-order valence-corrected chi connectivity index (χ3v) is 2.90. The van der Waals surface area contributed by atoms with Crippen LogP contribution in [0.25, 0.3) is 11.1 Å². The van der Waals surface area contributed by atoms with Crippen molar-refractivity contribution in [3.05, 3.63) is 24.5 Å². The van der Waals surface area contributed by atoms with Crippen LogP contribution < -0.4 is 11.1 Å². The van der Waals surface area contributed by atoms with E-state index in [0.29, 0.717) is 12.4 Å². The summed E-state index contributed by atoms with van der Waals surface area (Å²) < 4.78 is 4.10. The van der Waals surface area contributed by atoms with E-state index in [9.17, 15) is 0 Å². The van der Waals surface area contributed by atoms with Crippen LogP contribution in [0.1, 0.15) is 0 Å². The molecule has 0 bridgehead atoms. The van der Waals surface area contributed by atoms with Gasteiger partial charge in [0, 0.05) is 18.9 Å². The number of nitrogens with zero attached hydrogens (tertiary/aromatic N) is 2. The topological polar surface area (TPSA) is 84.1 Å². The Morgan fingerprint density at radius 2 is 2.12 bits per heavy atom. The van der Waals surface area contributed by atoms with Crippen LogP contribution in [0.5, 0.6) is 0 Å². The minimum Gasteiger partial charge on any atom is -0.395 e. The highest BCUT2D eigenvalue weighted by Gasteiger charge is 2.12. The summed E-state index contributed by atoms with van der Waals surface area (Å²) in [5.74, 6) is 0.497. The maximum absolute atomic E-state index is 8.78. The summed E-state index contributed by atoms with van der Waals surface area (Å²) in [5, 5.41) is 12.7. The average Bonchev–Trinajstić information content (AvgIpc) is 2.69. The first kappa shape index (κ1) is 10.8. The second-order valence-electron chi connectivity index (χ2n) is 3.16. The van der Waals surface area contributed by atoms with Crippen LogP contribution in [0.2, 0.25) is 0 Å². The largest absolute Gasteiger partial charge is 0.395 e. The molecule has 0 unspecified atom stereocenters. The molecule has 6 heteroatoms. The van der Waals surface area contributed by atoms with Crippen LogP contribution in [0.4, 0.5) is 10.8 Å². The first-order valence-electron chi connectivity index (χ1n) is 4.83. The highest BCUT2D eigenvalue weighted by Crippen LogP contribution is 2.36. The first-order chi connectivity index (χ1) is 7.83. The van der Waals surface area contributed by atoms with Gasteiger partial charge in [-0.2, -0.15) is 4.37 Å². The van der Waals surface area contributed by atoms with Crippen LogP contribution >= 0.6 is 11.5 Å². The third-order valence-electron chi connectivity index (χ3n) is 2.08. The molecule has 2 aromatic rings. The van der Waals surface area contributed by atoms with Crippen molar-refractivity contribution in [3.63, 3.8) is 0 Å². The fourth-order valence-corrected chi connectivity index (χ4v) is 2.15. The predicted molar refractivity (Wildman–Crippen MR) is 65.3 cm³/mol. The van der Waals surface area contributed by atoms with E-state index in [-0.39, 0.29) is 6.61 Å². The lowest BCUT2D eigenvalue weighted by molar-refractivity contribution is 0.311. The Morgan fingerprint density at radius 1 is 1.38 bits per heavy atom. The van der Waals surface area contributed by atoms with E-state index in [1.165, 1.54) is 11.5 Å². The molecule has 0 atom stereocenters. The lowest BCUT2D eigenvalue weighted by Crippen LogP contribution is -2.05. The number of rotatable bonds is 4. The van der Waals surface area contributed by atoms with Gasteiger partial charge >= 0.3 is 0 Å². The van der Waals surface area contributed by atoms with Gasteiger partial charge in [-0.3, -0.25) is 4.98 Å².